The number of carbonyl (C=O) groups is 1. The molecule has 0 radical (unpaired) electrons. The minimum atomic E-state index is -1.04. The molecule has 4 heterocycles. The van der Waals surface area contributed by atoms with E-state index in [1.54, 1.807) is 51.3 Å². The van der Waals surface area contributed by atoms with Gasteiger partial charge in [0.2, 0.25) is 0 Å². The normalized spacial score (nSPS) is 11.2. The van der Waals surface area contributed by atoms with Crippen LogP contribution in [0.2, 0.25) is 5.02 Å². The second-order valence-corrected chi connectivity index (χ2v) is 10.4. The molecular weight excluding hydrogens is 538 g/mol. The van der Waals surface area contributed by atoms with E-state index < -0.39 is 5.97 Å². The largest absolute Gasteiger partial charge is 0.491 e. The van der Waals surface area contributed by atoms with E-state index in [1.165, 1.54) is 15.9 Å². The molecule has 9 nitrogen and oxygen atoms in total. The number of ether oxygens (including phenoxy) is 1. The number of halogens is 1. The fraction of sp³-hybridized carbons (Fsp3) is 0.214. The van der Waals surface area contributed by atoms with Crippen LogP contribution in [0.4, 0.5) is 0 Å². The van der Waals surface area contributed by atoms with Gasteiger partial charge in [-0.15, -0.1) is 11.3 Å². The van der Waals surface area contributed by atoms with Crippen molar-refractivity contribution in [3.05, 3.63) is 79.1 Å². The third-order valence-electron chi connectivity index (χ3n) is 6.45. The van der Waals surface area contributed by atoms with Crippen LogP contribution in [0.15, 0.2) is 34.4 Å². The van der Waals surface area contributed by atoms with Gasteiger partial charge >= 0.3 is 5.97 Å². The number of hydrogen-bond acceptors (Lipinski definition) is 8. The highest BCUT2D eigenvalue weighted by Gasteiger charge is 2.20. The summed E-state index contributed by atoms with van der Waals surface area (Å²) in [6.45, 7) is 7.31. The summed E-state index contributed by atoms with van der Waals surface area (Å²) in [7, 11) is 0. The van der Waals surface area contributed by atoms with Gasteiger partial charge < -0.3 is 9.84 Å². The smallest absolute Gasteiger partial charge is 0.338 e. The van der Waals surface area contributed by atoms with Crippen molar-refractivity contribution in [3.8, 4) is 22.9 Å². The first-order valence-corrected chi connectivity index (χ1v) is 13.2. The van der Waals surface area contributed by atoms with Crippen LogP contribution in [0, 0.1) is 39.0 Å². The first kappa shape index (κ1) is 26.3. The van der Waals surface area contributed by atoms with Gasteiger partial charge in [-0.05, 0) is 52.0 Å². The molecule has 1 N–H and O–H groups in total. The van der Waals surface area contributed by atoms with Gasteiger partial charge in [-0.25, -0.2) is 9.78 Å². The Kier molecular flexibility index (Phi) is 6.80. The van der Waals surface area contributed by atoms with Gasteiger partial charge in [0, 0.05) is 27.2 Å². The van der Waals surface area contributed by atoms with Gasteiger partial charge in [0.1, 0.15) is 29.8 Å². The van der Waals surface area contributed by atoms with E-state index in [1.807, 2.05) is 6.07 Å². The first-order chi connectivity index (χ1) is 18.6. The number of fused-ring (bicyclic) bond motifs is 2. The van der Waals surface area contributed by atoms with Crippen molar-refractivity contribution in [1.82, 2.24) is 19.5 Å². The molecule has 5 aromatic rings. The van der Waals surface area contributed by atoms with Crippen molar-refractivity contribution < 1.29 is 14.6 Å². The molecule has 0 unspecified atom stereocenters. The van der Waals surface area contributed by atoms with Crippen molar-refractivity contribution in [2.75, 3.05) is 6.61 Å². The number of hydrogen-bond donors (Lipinski definition) is 1. The van der Waals surface area contributed by atoms with Crippen molar-refractivity contribution in [1.29, 1.82) is 5.26 Å². The zero-order chi connectivity index (χ0) is 28.0. The third-order valence-corrected chi connectivity index (χ3v) is 7.68. The molecule has 0 aliphatic carbocycles. The van der Waals surface area contributed by atoms with Crippen molar-refractivity contribution >= 4 is 50.0 Å². The number of benzene rings is 1. The van der Waals surface area contributed by atoms with Crippen LogP contribution in [0.1, 0.15) is 38.8 Å². The summed E-state index contributed by atoms with van der Waals surface area (Å²) in [5.74, 6) is -0.0423. The van der Waals surface area contributed by atoms with Gasteiger partial charge in [0.05, 0.1) is 44.7 Å². The lowest BCUT2D eigenvalue weighted by Crippen LogP contribution is -2.27. The van der Waals surface area contributed by atoms with E-state index in [0.717, 1.165) is 5.56 Å². The van der Waals surface area contributed by atoms with E-state index in [0.29, 0.717) is 55.0 Å². The molecule has 0 aliphatic rings. The summed E-state index contributed by atoms with van der Waals surface area (Å²) in [5, 5.41) is 21.6. The van der Waals surface area contributed by atoms with E-state index in [-0.39, 0.29) is 35.2 Å². The van der Waals surface area contributed by atoms with Crippen LogP contribution < -0.4 is 10.3 Å². The van der Waals surface area contributed by atoms with Crippen molar-refractivity contribution in [2.24, 2.45) is 0 Å². The van der Waals surface area contributed by atoms with Crippen molar-refractivity contribution in [3.63, 3.8) is 0 Å². The lowest BCUT2D eigenvalue weighted by Gasteiger charge is -2.16. The predicted molar refractivity (Wildman–Crippen MR) is 150 cm³/mol. The minimum absolute atomic E-state index is 0.130. The summed E-state index contributed by atoms with van der Waals surface area (Å²) in [4.78, 5) is 38.6. The molecule has 39 heavy (non-hydrogen) atoms. The number of nitriles is 1. The summed E-state index contributed by atoms with van der Waals surface area (Å²) in [5.41, 5.74) is 4.03. The van der Waals surface area contributed by atoms with Crippen LogP contribution in [0.3, 0.4) is 0 Å². The quantitative estimate of drug-likeness (QED) is 0.284. The highest BCUT2D eigenvalue weighted by Crippen LogP contribution is 2.40. The molecular formula is C28H22ClN5O4S. The Morgan fingerprint density at radius 1 is 1.10 bits per heavy atom. The third kappa shape index (κ3) is 4.60. The monoisotopic (exact) mass is 559 g/mol. The molecule has 0 fully saturated rings. The number of rotatable bonds is 6. The van der Waals surface area contributed by atoms with E-state index >= 15 is 0 Å². The number of carboxylic acid groups (broad SMARTS) is 1. The van der Waals surface area contributed by atoms with Gasteiger partial charge in [-0.3, -0.25) is 19.3 Å². The number of thiophene rings is 1. The number of aromatic nitrogens is 4. The van der Waals surface area contributed by atoms with Crippen LogP contribution in [0.5, 0.6) is 5.75 Å². The maximum Gasteiger partial charge on any atom is 0.338 e. The number of carboxylic acids is 1. The fourth-order valence-corrected chi connectivity index (χ4v) is 5.85. The molecule has 0 amide bonds. The molecule has 196 valence electrons. The Balaban J connectivity index is 1.53. The lowest BCUT2D eigenvalue weighted by atomic mass is 10.0. The first-order valence-electron chi connectivity index (χ1n) is 11.9. The molecule has 5 rings (SSSR count). The molecule has 0 aliphatic heterocycles. The van der Waals surface area contributed by atoms with Crippen LogP contribution in [-0.2, 0) is 6.54 Å². The van der Waals surface area contributed by atoms with Gasteiger partial charge in [0.25, 0.3) is 5.56 Å². The van der Waals surface area contributed by atoms with Crippen LogP contribution in [0.25, 0.3) is 32.2 Å². The van der Waals surface area contributed by atoms with E-state index in [2.05, 4.69) is 21.0 Å². The second kappa shape index (κ2) is 10.1. The molecule has 4 aromatic heterocycles. The summed E-state index contributed by atoms with van der Waals surface area (Å²) in [6.07, 6.45) is 0. The van der Waals surface area contributed by atoms with Crippen molar-refractivity contribution in [2.45, 2.75) is 34.2 Å². The predicted octanol–water partition coefficient (Wildman–Crippen LogP) is 5.60. The Morgan fingerprint density at radius 2 is 1.87 bits per heavy atom. The molecule has 0 saturated carbocycles. The molecule has 0 spiro atoms. The summed E-state index contributed by atoms with van der Waals surface area (Å²) < 4.78 is 8.36. The average molecular weight is 560 g/mol. The van der Waals surface area contributed by atoms with Crippen LogP contribution >= 0.6 is 22.9 Å². The highest BCUT2D eigenvalue weighted by molar-refractivity contribution is 7.18. The van der Waals surface area contributed by atoms with Gasteiger partial charge in [0.15, 0.2) is 0 Å². The SMILES string of the molecule is Cc1cc(-c2cc(Cl)ccc2OCCn2c(C)nc3c(C)nc(C)c(C#N)c3c2=O)c2scc(C(=O)O)c2n1. The molecule has 0 saturated heterocycles. The Bertz CT molecular complexity index is 1920. The number of aryl methyl sites for hydroxylation is 4. The number of nitrogens with zero attached hydrogens (tertiary/aromatic N) is 5. The standard InChI is InChI=1S/C28H22ClN5O4S/c1-13-9-19(26-25(31-13)21(12-39-26)28(36)37)18-10-17(29)5-6-22(18)38-8-7-34-16(4)33-24-15(3)32-14(2)20(11-30)23(24)27(34)35/h5-6,9-10,12H,7-8H2,1-4H3,(H,36,37). The Hall–Kier alpha value is -4.33. The van der Waals surface area contributed by atoms with Gasteiger partial charge in [-0.2, -0.15) is 5.26 Å². The Labute approximate surface area is 231 Å². The topological polar surface area (TPSA) is 131 Å². The summed E-state index contributed by atoms with van der Waals surface area (Å²) >= 11 is 7.64. The molecule has 0 atom stereocenters. The summed E-state index contributed by atoms with van der Waals surface area (Å²) in [6, 6.07) is 9.17. The second-order valence-electron chi connectivity index (χ2n) is 9.04. The molecule has 1 aromatic carbocycles. The fourth-order valence-electron chi connectivity index (χ4n) is 4.66. The molecule has 0 bridgehead atoms. The van der Waals surface area contributed by atoms with Gasteiger partial charge in [-0.1, -0.05) is 11.6 Å². The lowest BCUT2D eigenvalue weighted by molar-refractivity contribution is 0.0699. The van der Waals surface area contributed by atoms with Crippen LogP contribution in [-0.4, -0.2) is 37.2 Å². The number of pyridine rings is 2. The highest BCUT2D eigenvalue weighted by atomic mass is 35.5. The zero-order valence-corrected chi connectivity index (χ0v) is 23.1. The zero-order valence-electron chi connectivity index (χ0n) is 21.5. The number of aromatic carboxylic acids is 1. The molecule has 11 heteroatoms. The maximum atomic E-state index is 13.5. The van der Waals surface area contributed by atoms with E-state index in [4.69, 9.17) is 16.3 Å². The Morgan fingerprint density at radius 3 is 2.59 bits per heavy atom. The average Bonchev–Trinajstić information content (AvgIpc) is 3.31. The minimum Gasteiger partial charge on any atom is -0.491 e. The van der Waals surface area contributed by atoms with E-state index in [9.17, 15) is 20.0 Å². The maximum absolute atomic E-state index is 13.5.